The Morgan fingerprint density at radius 2 is 1.89 bits per heavy atom. The van der Waals surface area contributed by atoms with Gasteiger partial charge in [-0.15, -0.1) is 0 Å². The predicted molar refractivity (Wildman–Crippen MR) is 78.1 cm³/mol. The molecule has 0 aliphatic carbocycles. The summed E-state index contributed by atoms with van der Waals surface area (Å²) in [6.45, 7) is 11.5. The highest BCUT2D eigenvalue weighted by Gasteiger charge is 2.20. The van der Waals surface area contributed by atoms with Gasteiger partial charge in [0.15, 0.2) is 0 Å². The van der Waals surface area contributed by atoms with E-state index in [9.17, 15) is 0 Å². The Kier molecular flexibility index (Phi) is 7.20. The lowest BCUT2D eigenvalue weighted by Crippen LogP contribution is -2.36. The van der Waals surface area contributed by atoms with Crippen LogP contribution in [0.2, 0.25) is 0 Å². The first-order valence-corrected chi connectivity index (χ1v) is 7.51. The molecule has 0 aromatic heterocycles. The lowest BCUT2D eigenvalue weighted by Gasteiger charge is -2.20. The Hall–Kier alpha value is -0.120. The number of nitrogens with zero attached hydrogens (tertiary/aromatic N) is 1. The number of methoxy groups -OCH3 is 1. The van der Waals surface area contributed by atoms with Gasteiger partial charge in [0.1, 0.15) is 0 Å². The molecule has 0 saturated carbocycles. The van der Waals surface area contributed by atoms with Gasteiger partial charge in [0.2, 0.25) is 0 Å². The molecule has 1 N–H and O–H groups in total. The van der Waals surface area contributed by atoms with Crippen LogP contribution in [0, 0.1) is 0 Å². The van der Waals surface area contributed by atoms with Crippen LogP contribution in [0.1, 0.15) is 52.9 Å². The first-order chi connectivity index (χ1) is 8.51. The summed E-state index contributed by atoms with van der Waals surface area (Å²) in [5.41, 5.74) is 0.269. The largest absolute Gasteiger partial charge is 0.380 e. The average molecular weight is 256 g/mol. The van der Waals surface area contributed by atoms with E-state index in [2.05, 4.69) is 31.0 Å². The van der Waals surface area contributed by atoms with Crippen LogP contribution < -0.4 is 5.32 Å². The van der Waals surface area contributed by atoms with E-state index in [4.69, 9.17) is 4.74 Å². The van der Waals surface area contributed by atoms with Crippen LogP contribution in [-0.2, 0) is 4.74 Å². The maximum Gasteiger partial charge on any atom is 0.0710 e. The third-order valence-corrected chi connectivity index (χ3v) is 3.62. The summed E-state index contributed by atoms with van der Waals surface area (Å²) in [5, 5.41) is 3.54. The molecule has 18 heavy (non-hydrogen) atoms. The van der Waals surface area contributed by atoms with Gasteiger partial charge in [-0.2, -0.15) is 0 Å². The summed E-state index contributed by atoms with van der Waals surface area (Å²) in [6, 6.07) is 0. The molecule has 108 valence electrons. The van der Waals surface area contributed by atoms with Crippen LogP contribution >= 0.6 is 0 Å². The molecule has 0 aromatic rings. The standard InChI is InChI=1S/C15H32N2O/c1-15(2,3)16-10-7-5-6-8-11-17-12-9-14(13-17)18-4/h14,16H,5-13H2,1-4H3. The highest BCUT2D eigenvalue weighted by Crippen LogP contribution is 2.13. The predicted octanol–water partition coefficient (Wildman–Crippen LogP) is 2.66. The Labute approximate surface area is 113 Å². The van der Waals surface area contributed by atoms with E-state index in [0.29, 0.717) is 6.10 Å². The van der Waals surface area contributed by atoms with Gasteiger partial charge in [-0.25, -0.2) is 0 Å². The van der Waals surface area contributed by atoms with E-state index in [1.54, 1.807) is 0 Å². The summed E-state index contributed by atoms with van der Waals surface area (Å²) in [7, 11) is 1.83. The Morgan fingerprint density at radius 1 is 1.17 bits per heavy atom. The molecule has 1 saturated heterocycles. The van der Waals surface area contributed by atoms with Gasteiger partial charge < -0.3 is 15.0 Å². The minimum Gasteiger partial charge on any atom is -0.380 e. The first-order valence-electron chi connectivity index (χ1n) is 7.51. The normalized spacial score (nSPS) is 21.7. The molecule has 0 radical (unpaired) electrons. The van der Waals surface area contributed by atoms with Gasteiger partial charge in [0.25, 0.3) is 0 Å². The highest BCUT2D eigenvalue weighted by atomic mass is 16.5. The van der Waals surface area contributed by atoms with Gasteiger partial charge in [-0.3, -0.25) is 0 Å². The molecule has 1 aliphatic heterocycles. The number of hydrogen-bond acceptors (Lipinski definition) is 3. The molecule has 1 atom stereocenters. The maximum absolute atomic E-state index is 5.38. The fraction of sp³-hybridized carbons (Fsp3) is 1.00. The van der Waals surface area contributed by atoms with Crippen LogP contribution in [-0.4, -0.2) is 49.8 Å². The molecule has 3 nitrogen and oxygen atoms in total. The number of nitrogens with one attached hydrogen (secondary N) is 1. The Bertz CT molecular complexity index is 213. The summed E-state index contributed by atoms with van der Waals surface area (Å²) in [6.07, 6.45) is 7.06. The zero-order valence-electron chi connectivity index (χ0n) is 12.8. The summed E-state index contributed by atoms with van der Waals surface area (Å²) >= 11 is 0. The summed E-state index contributed by atoms with van der Waals surface area (Å²) in [5.74, 6) is 0. The lowest BCUT2D eigenvalue weighted by molar-refractivity contribution is 0.108. The van der Waals surface area contributed by atoms with Gasteiger partial charge >= 0.3 is 0 Å². The molecule has 1 unspecified atom stereocenters. The minimum atomic E-state index is 0.269. The fourth-order valence-corrected chi connectivity index (χ4v) is 2.47. The zero-order chi connectivity index (χ0) is 13.4. The van der Waals surface area contributed by atoms with E-state index in [1.807, 2.05) is 7.11 Å². The fourth-order valence-electron chi connectivity index (χ4n) is 2.47. The van der Waals surface area contributed by atoms with E-state index < -0.39 is 0 Å². The van der Waals surface area contributed by atoms with Crippen LogP contribution in [0.3, 0.4) is 0 Å². The molecule has 0 bridgehead atoms. The molecular weight excluding hydrogens is 224 g/mol. The lowest BCUT2D eigenvalue weighted by atomic mass is 10.1. The summed E-state index contributed by atoms with van der Waals surface area (Å²) < 4.78 is 5.38. The van der Waals surface area contributed by atoms with Crippen molar-refractivity contribution in [3.8, 4) is 0 Å². The highest BCUT2D eigenvalue weighted by molar-refractivity contribution is 4.75. The topological polar surface area (TPSA) is 24.5 Å². The van der Waals surface area contributed by atoms with E-state index >= 15 is 0 Å². The monoisotopic (exact) mass is 256 g/mol. The second-order valence-corrected chi connectivity index (χ2v) is 6.54. The van der Waals surface area contributed by atoms with E-state index in [-0.39, 0.29) is 5.54 Å². The van der Waals surface area contributed by atoms with Crippen molar-refractivity contribution in [2.24, 2.45) is 0 Å². The third-order valence-electron chi connectivity index (χ3n) is 3.62. The maximum atomic E-state index is 5.38. The van der Waals surface area contributed by atoms with Crippen LogP contribution in [0.15, 0.2) is 0 Å². The molecule has 0 spiro atoms. The number of rotatable bonds is 8. The smallest absolute Gasteiger partial charge is 0.0710 e. The van der Waals surface area contributed by atoms with Crippen molar-refractivity contribution in [1.82, 2.24) is 10.2 Å². The molecular formula is C15H32N2O. The Balaban J connectivity index is 1.87. The quantitative estimate of drug-likeness (QED) is 0.676. The molecule has 1 aliphatic rings. The van der Waals surface area contributed by atoms with Gasteiger partial charge in [0, 0.05) is 25.7 Å². The van der Waals surface area contributed by atoms with Gasteiger partial charge in [-0.05, 0) is 53.1 Å². The van der Waals surface area contributed by atoms with Crippen molar-refractivity contribution in [2.45, 2.75) is 64.5 Å². The van der Waals surface area contributed by atoms with Crippen molar-refractivity contribution in [1.29, 1.82) is 0 Å². The van der Waals surface area contributed by atoms with E-state index in [1.165, 1.54) is 45.2 Å². The van der Waals surface area contributed by atoms with E-state index in [0.717, 1.165) is 13.1 Å². The summed E-state index contributed by atoms with van der Waals surface area (Å²) in [4.78, 5) is 2.54. The molecule has 0 amide bonds. The SMILES string of the molecule is COC1CCN(CCCCCCNC(C)(C)C)C1. The third kappa shape index (κ3) is 7.34. The number of ether oxygens (including phenoxy) is 1. The Morgan fingerprint density at radius 3 is 2.50 bits per heavy atom. The molecule has 1 fully saturated rings. The van der Waals surface area contributed by atoms with Crippen molar-refractivity contribution in [2.75, 3.05) is 33.3 Å². The minimum absolute atomic E-state index is 0.269. The number of likely N-dealkylation sites (tertiary alicyclic amines) is 1. The van der Waals surface area contributed by atoms with Crippen LogP contribution in [0.5, 0.6) is 0 Å². The van der Waals surface area contributed by atoms with Crippen molar-refractivity contribution >= 4 is 0 Å². The molecule has 1 rings (SSSR count). The average Bonchev–Trinajstić information content (AvgIpc) is 2.74. The van der Waals surface area contributed by atoms with Crippen LogP contribution in [0.4, 0.5) is 0 Å². The van der Waals surface area contributed by atoms with Gasteiger partial charge in [-0.1, -0.05) is 12.8 Å². The number of hydrogen-bond donors (Lipinski definition) is 1. The number of unbranched alkanes of at least 4 members (excludes halogenated alkanes) is 3. The van der Waals surface area contributed by atoms with Gasteiger partial charge in [0.05, 0.1) is 6.10 Å². The first kappa shape index (κ1) is 15.9. The van der Waals surface area contributed by atoms with Crippen molar-refractivity contribution in [3.63, 3.8) is 0 Å². The molecule has 0 aromatic carbocycles. The van der Waals surface area contributed by atoms with Crippen molar-refractivity contribution in [3.05, 3.63) is 0 Å². The van der Waals surface area contributed by atoms with Crippen molar-refractivity contribution < 1.29 is 4.74 Å². The second kappa shape index (κ2) is 8.13. The van der Waals surface area contributed by atoms with Crippen LogP contribution in [0.25, 0.3) is 0 Å². The molecule has 3 heteroatoms. The molecule has 1 heterocycles. The second-order valence-electron chi connectivity index (χ2n) is 6.54. The zero-order valence-corrected chi connectivity index (χ0v) is 12.8.